The van der Waals surface area contributed by atoms with Crippen LogP contribution in [0.4, 0.5) is 0 Å². The third-order valence-corrected chi connectivity index (χ3v) is 20.6. The summed E-state index contributed by atoms with van der Waals surface area (Å²) >= 11 is 12.8. The lowest BCUT2D eigenvalue weighted by Crippen LogP contribution is -2.50. The number of furan rings is 1. The van der Waals surface area contributed by atoms with Crippen LogP contribution < -0.4 is 28.4 Å². The van der Waals surface area contributed by atoms with Crippen molar-refractivity contribution < 1.29 is 47.2 Å². The number of fused-ring (bicyclic) bond motifs is 13. The van der Waals surface area contributed by atoms with Crippen molar-refractivity contribution in [2.45, 2.75) is 68.9 Å². The molecule has 0 bridgehead atoms. The summed E-state index contributed by atoms with van der Waals surface area (Å²) in [7, 11) is 7.13. The second-order valence-electron chi connectivity index (χ2n) is 25.7. The summed E-state index contributed by atoms with van der Waals surface area (Å²) in [5, 5.41) is 10.9. The summed E-state index contributed by atoms with van der Waals surface area (Å²) in [5.41, 5.74) is 10.9. The number of aromatic nitrogens is 5. The predicted molar refractivity (Wildman–Crippen MR) is 373 cm³/mol. The molecule has 6 aliphatic heterocycles. The van der Waals surface area contributed by atoms with E-state index < -0.39 is 16.8 Å². The minimum Gasteiger partial charge on any atom is -0.496 e. The monoisotopic (exact) mass is 1350 g/mol. The molecule has 0 radical (unpaired) electrons. The SMILES string of the molecule is COc1c(C)cccc1C(=O)N1CCC2(CC1)Oc1cc(Cl)ccc1-n1cccc12.COc1cccc2cc(C(=O)N3CCC4(CC3)Oc3ccccc3-c3c4cnn3C)oc12.Cn1ncc2c1-c1ccccc1OC21CCN(C(=O)c2ccc(OCc3ccccc3)cc2Cl)CC1. The van der Waals surface area contributed by atoms with Crippen molar-refractivity contribution in [1.82, 2.24) is 38.8 Å². The molecule has 0 unspecified atom stereocenters. The third-order valence-electron chi connectivity index (χ3n) is 20.0. The molecule has 3 fully saturated rings. The first kappa shape index (κ1) is 63.6. The number of hydrogen-bond donors (Lipinski definition) is 0. The maximum absolute atomic E-state index is 13.4. The van der Waals surface area contributed by atoms with Gasteiger partial charge in [0.05, 0.1) is 65.5 Å². The number of nitrogens with zero attached hydrogens (tertiary/aromatic N) is 8. The average molecular weight is 1350 g/mol. The van der Waals surface area contributed by atoms with Crippen LogP contribution in [0.2, 0.25) is 10.0 Å². The van der Waals surface area contributed by atoms with Crippen LogP contribution in [0.1, 0.15) is 97.7 Å². The van der Waals surface area contributed by atoms with Gasteiger partial charge in [0.15, 0.2) is 22.7 Å². The predicted octanol–water partition coefficient (Wildman–Crippen LogP) is 15.2. The second kappa shape index (κ2) is 25.9. The molecule has 4 aromatic heterocycles. The second-order valence-corrected chi connectivity index (χ2v) is 26.5. The molecule has 18 nitrogen and oxygen atoms in total. The normalized spacial score (nSPS) is 16.2. The molecule has 3 amide bonds. The number of para-hydroxylation sites is 4. The van der Waals surface area contributed by atoms with Crippen molar-refractivity contribution in [3.63, 3.8) is 0 Å². The van der Waals surface area contributed by atoms with Crippen LogP contribution >= 0.6 is 23.2 Å². The standard InChI is InChI=1S/C29H26ClN3O3.C25H23N3O4.C24H23ClN2O3/c1-32-27-23-9-5-6-10-26(23)36-29(24(27)18-31-32)13-15-33(16-14-29)28(34)22-12-11-21(17-25(22)30)35-19-20-7-3-2-4-8-20;1-27-22-17-7-3-4-8-19(17)32-25(18(22)15-26-27)10-12-28(13-11-25)24(29)21-14-16-6-5-9-20(30-2)23(16)31-21;1-16-5-3-6-18(22(16)29-2)23(28)26-13-10-24(11-14-26)21-7-4-12-27(21)19-9-8-17(25)15-20(19)30-24/h2-12,17-18H,13-16,19H2,1H3;3-9,14-15H,10-13H2,1-2H3;3-9,12,15H,10-11,13-14H2,1-2H3. The van der Waals surface area contributed by atoms with Crippen molar-refractivity contribution in [1.29, 1.82) is 0 Å². The highest BCUT2D eigenvalue weighted by Gasteiger charge is 2.49. The topological polar surface area (TPSA) is 170 Å². The number of methoxy groups -OCH3 is 2. The van der Waals surface area contributed by atoms with Gasteiger partial charge in [-0.2, -0.15) is 10.2 Å². The van der Waals surface area contributed by atoms with Gasteiger partial charge in [-0.05, 0) is 103 Å². The molecule has 3 saturated heterocycles. The Kier molecular flexibility index (Phi) is 16.8. The Morgan fingerprint density at radius 3 is 1.72 bits per heavy atom. The molecule has 11 aromatic rings. The van der Waals surface area contributed by atoms with Crippen LogP contribution in [0.5, 0.6) is 34.5 Å². The molecule has 0 N–H and O–H groups in total. The minimum absolute atomic E-state index is 0.0000340. The Bertz CT molecular complexity index is 4860. The molecule has 20 heteroatoms. The van der Waals surface area contributed by atoms with E-state index in [1.54, 1.807) is 38.5 Å². The summed E-state index contributed by atoms with van der Waals surface area (Å²) in [5.74, 6) is 4.56. The van der Waals surface area contributed by atoms with E-state index in [2.05, 4.69) is 39.2 Å². The van der Waals surface area contributed by atoms with Crippen molar-refractivity contribution in [3.05, 3.63) is 243 Å². The molecule has 0 atom stereocenters. The molecule has 7 aromatic carbocycles. The lowest BCUT2D eigenvalue weighted by Gasteiger charge is -2.45. The number of carbonyl (C=O) groups is 3. The van der Waals surface area contributed by atoms with Gasteiger partial charge in [-0.15, -0.1) is 0 Å². The van der Waals surface area contributed by atoms with Crippen LogP contribution in [-0.2, 0) is 37.5 Å². The van der Waals surface area contributed by atoms with E-state index in [1.165, 1.54) is 0 Å². The minimum atomic E-state index is -0.492. The zero-order valence-electron chi connectivity index (χ0n) is 55.0. The lowest BCUT2D eigenvalue weighted by molar-refractivity contribution is -0.00943. The van der Waals surface area contributed by atoms with Crippen molar-refractivity contribution in [3.8, 4) is 62.7 Å². The van der Waals surface area contributed by atoms with Gasteiger partial charge >= 0.3 is 0 Å². The number of rotatable bonds is 8. The molecule has 17 rings (SSSR count). The van der Waals surface area contributed by atoms with Crippen LogP contribution in [-0.4, -0.2) is 110 Å². The first-order valence-corrected chi connectivity index (χ1v) is 33.7. The Morgan fingerprint density at radius 1 is 0.541 bits per heavy atom. The van der Waals surface area contributed by atoms with E-state index in [9.17, 15) is 14.4 Å². The number of carbonyl (C=O) groups excluding carboxylic acids is 3. The Morgan fingerprint density at radius 2 is 1.11 bits per heavy atom. The highest BCUT2D eigenvalue weighted by Crippen LogP contribution is 2.52. The third kappa shape index (κ3) is 11.4. The van der Waals surface area contributed by atoms with Crippen molar-refractivity contribution >= 4 is 51.9 Å². The van der Waals surface area contributed by atoms with Gasteiger partial charge in [-0.1, -0.05) is 102 Å². The van der Waals surface area contributed by atoms with E-state index >= 15 is 0 Å². The summed E-state index contributed by atoms with van der Waals surface area (Å²) < 4.78 is 48.3. The molecule has 3 spiro atoms. The molecule has 98 heavy (non-hydrogen) atoms. The molecule has 498 valence electrons. The Balaban J connectivity index is 0.000000121. The van der Waals surface area contributed by atoms with Gasteiger partial charge < -0.3 is 52.1 Å². The van der Waals surface area contributed by atoms with Gasteiger partial charge in [-0.25, -0.2) is 0 Å². The number of benzene rings is 7. The van der Waals surface area contributed by atoms with Gasteiger partial charge in [0.2, 0.25) is 0 Å². The van der Waals surface area contributed by atoms with E-state index in [0.717, 1.165) is 78.8 Å². The number of ether oxygens (including phenoxy) is 6. The zero-order chi connectivity index (χ0) is 67.5. The highest BCUT2D eigenvalue weighted by molar-refractivity contribution is 6.34. The van der Waals surface area contributed by atoms with Crippen LogP contribution in [0.25, 0.3) is 39.2 Å². The average Bonchev–Trinajstić information content (AvgIpc) is 1.43. The number of aryl methyl sites for hydroxylation is 3. The fourth-order valence-corrected chi connectivity index (χ4v) is 15.3. The first-order chi connectivity index (χ1) is 47.7. The van der Waals surface area contributed by atoms with E-state index in [4.69, 9.17) is 56.0 Å². The van der Waals surface area contributed by atoms with Gasteiger partial charge in [-0.3, -0.25) is 23.7 Å². The van der Waals surface area contributed by atoms with E-state index in [0.29, 0.717) is 134 Å². The van der Waals surface area contributed by atoms with E-state index in [1.807, 2.05) is 185 Å². The van der Waals surface area contributed by atoms with Gasteiger partial charge in [0.25, 0.3) is 17.7 Å². The molecular weight excluding hydrogens is 1280 g/mol. The van der Waals surface area contributed by atoms with Gasteiger partial charge in [0.1, 0.15) is 46.6 Å². The number of amides is 3. The summed E-state index contributed by atoms with van der Waals surface area (Å²) in [4.78, 5) is 45.4. The summed E-state index contributed by atoms with van der Waals surface area (Å²) in [6.07, 6.45) is 10.0. The van der Waals surface area contributed by atoms with Crippen molar-refractivity contribution in [2.75, 3.05) is 53.5 Å². The quantitative estimate of drug-likeness (QED) is 0.141. The Hall–Kier alpha value is -10.4. The fraction of sp³-hybridized carbons (Fsp3) is 0.269. The van der Waals surface area contributed by atoms with Gasteiger partial charge in [0, 0.05) is 137 Å². The zero-order valence-corrected chi connectivity index (χ0v) is 56.5. The first-order valence-electron chi connectivity index (χ1n) is 33.0. The smallest absolute Gasteiger partial charge is 0.289 e. The summed E-state index contributed by atoms with van der Waals surface area (Å²) in [6, 6.07) is 54.3. The number of halogens is 2. The molecule has 6 aliphatic rings. The fourth-order valence-electron chi connectivity index (χ4n) is 14.9. The number of hydrogen-bond acceptors (Lipinski definition) is 12. The van der Waals surface area contributed by atoms with Crippen molar-refractivity contribution in [2.24, 2.45) is 14.1 Å². The maximum Gasteiger partial charge on any atom is 0.289 e. The Labute approximate surface area is 577 Å². The van der Waals surface area contributed by atoms with Crippen LogP contribution in [0, 0.1) is 6.92 Å². The maximum atomic E-state index is 13.4. The lowest BCUT2D eigenvalue weighted by atomic mass is 9.81. The van der Waals surface area contributed by atoms with Crippen LogP contribution in [0.3, 0.4) is 0 Å². The molecular formula is C78H72Cl2N8O10. The largest absolute Gasteiger partial charge is 0.496 e. The number of likely N-dealkylation sites (tertiary alicyclic amines) is 3. The highest BCUT2D eigenvalue weighted by atomic mass is 35.5. The molecule has 10 heterocycles. The number of piperidine rings is 3. The molecule has 0 saturated carbocycles. The summed E-state index contributed by atoms with van der Waals surface area (Å²) in [6.45, 7) is 5.89. The van der Waals surface area contributed by atoms with Crippen LogP contribution in [0.15, 0.2) is 193 Å². The van der Waals surface area contributed by atoms with E-state index in [-0.39, 0.29) is 17.7 Å². The molecule has 0 aliphatic carbocycles.